The number of hydrogen-bond donors (Lipinski definition) is 1. The molecule has 0 spiro atoms. The summed E-state index contributed by atoms with van der Waals surface area (Å²) in [6.07, 6.45) is 0. The lowest BCUT2D eigenvalue weighted by molar-refractivity contribution is -0.730. The minimum absolute atomic E-state index is 0.0720. The second-order valence-corrected chi connectivity index (χ2v) is 6.31. The summed E-state index contributed by atoms with van der Waals surface area (Å²) in [5.74, 6) is -0.682. The minimum Gasteiger partial charge on any atom is -0.414 e. The van der Waals surface area contributed by atoms with Crippen LogP contribution in [0.4, 0.5) is 8.78 Å². The van der Waals surface area contributed by atoms with E-state index < -0.39 is 11.6 Å². The normalized spacial score (nSPS) is 13.9. The Hall–Kier alpha value is -2.12. The quantitative estimate of drug-likeness (QED) is 0.776. The van der Waals surface area contributed by atoms with Crippen molar-refractivity contribution in [1.29, 1.82) is 0 Å². The summed E-state index contributed by atoms with van der Waals surface area (Å²) in [5.41, 5.74) is 0.703. The van der Waals surface area contributed by atoms with Crippen molar-refractivity contribution in [3.63, 3.8) is 0 Å². The van der Waals surface area contributed by atoms with Crippen LogP contribution in [-0.4, -0.2) is 10.2 Å². The Bertz CT molecular complexity index is 788. The van der Waals surface area contributed by atoms with Crippen LogP contribution in [0.3, 0.4) is 0 Å². The van der Waals surface area contributed by atoms with E-state index >= 15 is 0 Å². The first-order chi connectivity index (χ1) is 11.0. The third-order valence-corrected chi connectivity index (χ3v) is 4.47. The van der Waals surface area contributed by atoms with Gasteiger partial charge in [0.15, 0.2) is 17.7 Å². The van der Waals surface area contributed by atoms with Gasteiger partial charge in [0.1, 0.15) is 6.04 Å². The zero-order valence-corrected chi connectivity index (χ0v) is 13.5. The van der Waals surface area contributed by atoms with Crippen LogP contribution >= 0.6 is 11.3 Å². The second-order valence-electron chi connectivity index (χ2n) is 5.37. The largest absolute Gasteiger partial charge is 0.414 e. The molecular formula is C16H16F2N3OS+. The summed E-state index contributed by atoms with van der Waals surface area (Å²) < 4.78 is 32.0. The Morgan fingerprint density at radius 2 is 1.91 bits per heavy atom. The van der Waals surface area contributed by atoms with Gasteiger partial charge in [0.25, 0.3) is 11.8 Å². The van der Waals surface area contributed by atoms with Crippen molar-refractivity contribution < 1.29 is 18.5 Å². The lowest BCUT2D eigenvalue weighted by Crippen LogP contribution is -2.85. The van der Waals surface area contributed by atoms with Gasteiger partial charge in [-0.15, -0.1) is 21.5 Å². The van der Waals surface area contributed by atoms with Crippen molar-refractivity contribution in [3.05, 3.63) is 58.8 Å². The van der Waals surface area contributed by atoms with Gasteiger partial charge in [-0.2, -0.15) is 0 Å². The van der Waals surface area contributed by atoms with Crippen molar-refractivity contribution in [1.82, 2.24) is 10.2 Å². The fourth-order valence-corrected chi connectivity index (χ4v) is 2.98. The van der Waals surface area contributed by atoms with E-state index in [-0.39, 0.29) is 12.1 Å². The average Bonchev–Trinajstić information content (AvgIpc) is 3.20. The third-order valence-electron chi connectivity index (χ3n) is 3.61. The number of rotatable bonds is 5. The number of benzene rings is 1. The predicted molar refractivity (Wildman–Crippen MR) is 82.7 cm³/mol. The van der Waals surface area contributed by atoms with Crippen molar-refractivity contribution in [2.45, 2.75) is 25.9 Å². The van der Waals surface area contributed by atoms with E-state index in [1.807, 2.05) is 36.7 Å². The van der Waals surface area contributed by atoms with E-state index in [0.717, 1.165) is 10.9 Å². The van der Waals surface area contributed by atoms with Gasteiger partial charge in [-0.25, -0.2) is 8.78 Å². The van der Waals surface area contributed by atoms with Gasteiger partial charge in [-0.05, 0) is 43.5 Å². The minimum atomic E-state index is -0.841. The first-order valence-corrected chi connectivity index (χ1v) is 8.09. The molecule has 0 fully saturated rings. The maximum Gasteiger partial charge on any atom is 0.274 e. The lowest BCUT2D eigenvalue weighted by Gasteiger charge is -2.14. The first kappa shape index (κ1) is 15.8. The molecule has 7 heteroatoms. The fraction of sp³-hybridized carbons (Fsp3) is 0.250. The zero-order valence-electron chi connectivity index (χ0n) is 12.7. The maximum atomic E-state index is 13.3. The summed E-state index contributed by atoms with van der Waals surface area (Å²) >= 11 is 1.53. The van der Waals surface area contributed by atoms with Crippen molar-refractivity contribution >= 4 is 11.3 Å². The topological polar surface area (TPSA) is 55.5 Å². The lowest BCUT2D eigenvalue weighted by atomic mass is 10.1. The van der Waals surface area contributed by atoms with Gasteiger partial charge in [0, 0.05) is 5.56 Å². The Kier molecular flexibility index (Phi) is 4.49. The molecule has 0 saturated heterocycles. The van der Waals surface area contributed by atoms with E-state index in [2.05, 4.69) is 10.2 Å². The van der Waals surface area contributed by atoms with Crippen LogP contribution in [0.1, 0.15) is 37.4 Å². The zero-order chi connectivity index (χ0) is 16.4. The molecule has 0 aliphatic rings. The number of thiophene rings is 1. The standard InChI is InChI=1S/C16H15F2N3OS/c1-9(11-5-6-12(17)13(18)8-11)19-10(2)15-20-21-16(22-15)14-4-3-7-23-14/h3-10,19H,1-2H3/p+1/t9-,10+/m0/s1. The Balaban J connectivity index is 1.71. The molecule has 1 aromatic carbocycles. The van der Waals surface area contributed by atoms with Crippen LogP contribution < -0.4 is 5.32 Å². The molecule has 23 heavy (non-hydrogen) atoms. The fourth-order valence-electron chi connectivity index (χ4n) is 2.34. The van der Waals surface area contributed by atoms with Gasteiger partial charge in [0.2, 0.25) is 0 Å². The highest BCUT2D eigenvalue weighted by atomic mass is 32.1. The van der Waals surface area contributed by atoms with Crippen LogP contribution in [0.5, 0.6) is 0 Å². The maximum absolute atomic E-state index is 13.3. The molecule has 0 amide bonds. The van der Waals surface area contributed by atoms with Gasteiger partial charge in [0.05, 0.1) is 4.88 Å². The van der Waals surface area contributed by atoms with Crippen LogP contribution in [-0.2, 0) is 0 Å². The molecule has 4 nitrogen and oxygen atoms in total. The number of halogens is 2. The highest BCUT2D eigenvalue weighted by Gasteiger charge is 2.22. The Morgan fingerprint density at radius 1 is 1.09 bits per heavy atom. The van der Waals surface area contributed by atoms with Gasteiger partial charge >= 0.3 is 0 Å². The van der Waals surface area contributed by atoms with E-state index in [0.29, 0.717) is 17.3 Å². The SMILES string of the molecule is C[C@H]([NH2+][C@H](C)c1nnc(-c2cccs2)o1)c1ccc(F)c(F)c1. The second kappa shape index (κ2) is 6.55. The average molecular weight is 336 g/mol. The summed E-state index contributed by atoms with van der Waals surface area (Å²) in [6.45, 7) is 3.85. The summed E-state index contributed by atoms with van der Waals surface area (Å²) in [4.78, 5) is 0.921. The highest BCUT2D eigenvalue weighted by molar-refractivity contribution is 7.13. The molecule has 0 aliphatic carbocycles. The molecule has 0 radical (unpaired) electrons. The molecule has 3 rings (SSSR count). The molecule has 0 bridgehead atoms. The summed E-state index contributed by atoms with van der Waals surface area (Å²) in [7, 11) is 0. The molecular weight excluding hydrogens is 320 g/mol. The molecule has 0 aliphatic heterocycles. The van der Waals surface area contributed by atoms with Crippen LogP contribution in [0.15, 0.2) is 40.1 Å². The number of aromatic nitrogens is 2. The van der Waals surface area contributed by atoms with Gasteiger partial charge in [-0.1, -0.05) is 6.07 Å². The third kappa shape index (κ3) is 3.46. The van der Waals surface area contributed by atoms with Gasteiger partial charge in [-0.3, -0.25) is 0 Å². The van der Waals surface area contributed by atoms with Crippen molar-refractivity contribution in [2.24, 2.45) is 0 Å². The Labute approximate surface area is 136 Å². The smallest absolute Gasteiger partial charge is 0.274 e. The Morgan fingerprint density at radius 3 is 2.61 bits per heavy atom. The van der Waals surface area contributed by atoms with Crippen molar-refractivity contribution in [2.75, 3.05) is 0 Å². The van der Waals surface area contributed by atoms with E-state index in [1.165, 1.54) is 17.4 Å². The molecule has 120 valence electrons. The monoisotopic (exact) mass is 336 g/mol. The molecule has 0 unspecified atom stereocenters. The number of hydrogen-bond acceptors (Lipinski definition) is 4. The van der Waals surface area contributed by atoms with Crippen molar-refractivity contribution in [3.8, 4) is 10.8 Å². The molecule has 2 N–H and O–H groups in total. The van der Waals surface area contributed by atoms with Gasteiger partial charge < -0.3 is 9.73 Å². The highest BCUT2D eigenvalue weighted by Crippen LogP contribution is 2.24. The molecule has 2 heterocycles. The molecule has 2 atom stereocenters. The van der Waals surface area contributed by atoms with Crippen LogP contribution in [0.25, 0.3) is 10.8 Å². The number of nitrogens with two attached hydrogens (primary N) is 1. The summed E-state index contributed by atoms with van der Waals surface area (Å²) in [5, 5.41) is 12.0. The number of nitrogens with zero attached hydrogens (tertiary/aromatic N) is 2. The van der Waals surface area contributed by atoms with E-state index in [9.17, 15) is 8.78 Å². The first-order valence-electron chi connectivity index (χ1n) is 7.22. The van der Waals surface area contributed by atoms with Crippen LogP contribution in [0, 0.1) is 11.6 Å². The summed E-state index contributed by atoms with van der Waals surface area (Å²) in [6, 6.07) is 7.61. The molecule has 3 aromatic rings. The molecule has 0 saturated carbocycles. The van der Waals surface area contributed by atoms with Crippen LogP contribution in [0.2, 0.25) is 0 Å². The number of quaternary nitrogens is 1. The van der Waals surface area contributed by atoms with E-state index in [4.69, 9.17) is 4.42 Å². The molecule has 2 aromatic heterocycles. The van der Waals surface area contributed by atoms with E-state index in [1.54, 1.807) is 6.07 Å². The predicted octanol–water partition coefficient (Wildman–Crippen LogP) is 3.46.